The molecule has 112 valence electrons. The van der Waals surface area contributed by atoms with Crippen LogP contribution in [0.25, 0.3) is 0 Å². The maximum absolute atomic E-state index is 11.1. The van der Waals surface area contributed by atoms with Gasteiger partial charge in [-0.3, -0.25) is 4.68 Å². The van der Waals surface area contributed by atoms with Crippen LogP contribution < -0.4 is 0 Å². The van der Waals surface area contributed by atoms with Crippen molar-refractivity contribution in [2.75, 3.05) is 0 Å². The van der Waals surface area contributed by atoms with Gasteiger partial charge in [0.2, 0.25) is 0 Å². The Morgan fingerprint density at radius 2 is 2.24 bits per heavy atom. The zero-order valence-electron chi connectivity index (χ0n) is 11.9. The third kappa shape index (κ3) is 4.11. The summed E-state index contributed by atoms with van der Waals surface area (Å²) >= 11 is 4.83. The highest BCUT2D eigenvalue weighted by Gasteiger charge is 2.10. The van der Waals surface area contributed by atoms with Crippen molar-refractivity contribution in [3.63, 3.8) is 0 Å². The van der Waals surface area contributed by atoms with Gasteiger partial charge in [0.25, 0.3) is 0 Å². The van der Waals surface area contributed by atoms with Crippen LogP contribution in [0.4, 0.5) is 0 Å². The first-order valence-corrected chi connectivity index (χ1v) is 8.48. The van der Waals surface area contributed by atoms with E-state index in [1.165, 1.54) is 0 Å². The molecule has 0 aliphatic rings. The van der Waals surface area contributed by atoms with Gasteiger partial charge < -0.3 is 5.11 Å². The minimum absolute atomic E-state index is 0.283. The topological polar surface area (TPSA) is 55.1 Å². The van der Waals surface area contributed by atoms with Crippen molar-refractivity contribution in [3.05, 3.63) is 46.2 Å². The van der Waals surface area contributed by atoms with E-state index in [0.717, 1.165) is 22.8 Å². The number of carbonyl (C=O) groups is 1. The van der Waals surface area contributed by atoms with E-state index in [9.17, 15) is 4.79 Å². The Balaban J connectivity index is 2.04. The fraction of sp³-hybridized carbons (Fsp3) is 0.333. The molecule has 4 nitrogen and oxygen atoms in total. The summed E-state index contributed by atoms with van der Waals surface area (Å²) in [6, 6.07) is 7.77. The molecule has 2 rings (SSSR count). The number of carboxylic acids is 1. The molecule has 0 fully saturated rings. The summed E-state index contributed by atoms with van der Waals surface area (Å²) in [6.45, 7) is 4.27. The number of rotatable bonds is 6. The summed E-state index contributed by atoms with van der Waals surface area (Å²) in [4.78, 5) is 12.0. The number of halogens is 1. The van der Waals surface area contributed by atoms with Gasteiger partial charge in [0.1, 0.15) is 0 Å². The van der Waals surface area contributed by atoms with Crippen LogP contribution in [0.15, 0.2) is 39.8 Å². The maximum atomic E-state index is 11.1. The fourth-order valence-corrected chi connectivity index (χ4v) is 3.05. The van der Waals surface area contributed by atoms with Gasteiger partial charge in [0.05, 0.1) is 11.3 Å². The molecule has 1 heterocycles. The Morgan fingerprint density at radius 1 is 1.48 bits per heavy atom. The summed E-state index contributed by atoms with van der Waals surface area (Å²) in [6.07, 6.45) is 3.04. The largest absolute Gasteiger partial charge is 0.478 e. The summed E-state index contributed by atoms with van der Waals surface area (Å²) in [7, 11) is 0. The molecular formula is C15H17BrN2O2S. The first-order valence-electron chi connectivity index (χ1n) is 6.71. The smallest absolute Gasteiger partial charge is 0.336 e. The molecule has 1 atom stereocenters. The normalized spacial score (nSPS) is 12.3. The van der Waals surface area contributed by atoms with Gasteiger partial charge in [0.15, 0.2) is 0 Å². The molecule has 1 aromatic heterocycles. The predicted molar refractivity (Wildman–Crippen MR) is 87.9 cm³/mol. The minimum atomic E-state index is -0.926. The zero-order chi connectivity index (χ0) is 15.4. The molecule has 0 amide bonds. The van der Waals surface area contributed by atoms with Crippen molar-refractivity contribution >= 4 is 33.7 Å². The summed E-state index contributed by atoms with van der Waals surface area (Å²) in [5.74, 6) is -0.199. The van der Waals surface area contributed by atoms with Crippen LogP contribution in [-0.4, -0.2) is 20.9 Å². The second-order valence-corrected chi connectivity index (χ2v) is 6.68. The lowest BCUT2D eigenvalue weighted by Gasteiger charge is -2.08. The minimum Gasteiger partial charge on any atom is -0.478 e. The lowest BCUT2D eigenvalue weighted by Crippen LogP contribution is -2.04. The molecule has 2 aromatic rings. The fourth-order valence-electron chi connectivity index (χ4n) is 1.80. The van der Waals surface area contributed by atoms with E-state index < -0.39 is 5.97 Å². The molecular weight excluding hydrogens is 352 g/mol. The average molecular weight is 369 g/mol. The zero-order valence-corrected chi connectivity index (χ0v) is 14.3. The Kier molecular flexibility index (Phi) is 5.47. The van der Waals surface area contributed by atoms with Crippen molar-refractivity contribution in [2.24, 2.45) is 0 Å². The molecule has 0 aliphatic carbocycles. The van der Waals surface area contributed by atoms with Crippen LogP contribution in [0.2, 0.25) is 0 Å². The standard InChI is InChI=1S/C15H17BrN2O2S/c1-3-10(2)18-7-6-11(17-18)9-21-12-4-5-14(16)13(8-12)15(19)20/h4-8,10H,3,9H2,1-2H3,(H,19,20). The van der Waals surface area contributed by atoms with Gasteiger partial charge in [-0.25, -0.2) is 4.79 Å². The van der Waals surface area contributed by atoms with Gasteiger partial charge in [-0.2, -0.15) is 5.10 Å². The highest BCUT2D eigenvalue weighted by molar-refractivity contribution is 9.10. The van der Waals surface area contributed by atoms with E-state index in [2.05, 4.69) is 34.9 Å². The Bertz CT molecular complexity index is 642. The molecule has 21 heavy (non-hydrogen) atoms. The quantitative estimate of drug-likeness (QED) is 0.756. The monoisotopic (exact) mass is 368 g/mol. The first-order chi connectivity index (χ1) is 10.0. The number of carboxylic acid groups (broad SMARTS) is 1. The number of aromatic nitrogens is 2. The number of benzene rings is 1. The second-order valence-electron chi connectivity index (χ2n) is 4.78. The third-order valence-electron chi connectivity index (χ3n) is 3.26. The van der Waals surface area contributed by atoms with E-state index >= 15 is 0 Å². The molecule has 1 unspecified atom stereocenters. The Hall–Kier alpha value is -1.27. The van der Waals surface area contributed by atoms with Crippen molar-refractivity contribution in [1.29, 1.82) is 0 Å². The van der Waals surface area contributed by atoms with E-state index in [4.69, 9.17) is 5.11 Å². The lowest BCUT2D eigenvalue weighted by molar-refractivity contribution is 0.0695. The second kappa shape index (κ2) is 7.13. The SMILES string of the molecule is CCC(C)n1ccc(CSc2ccc(Br)c(C(=O)O)c2)n1. The van der Waals surface area contributed by atoms with E-state index in [1.54, 1.807) is 23.9 Å². The highest BCUT2D eigenvalue weighted by atomic mass is 79.9. The van der Waals surface area contributed by atoms with Gasteiger partial charge in [0, 0.05) is 27.4 Å². The Labute approximate surface area is 136 Å². The molecule has 0 aliphatic heterocycles. The molecule has 6 heteroatoms. The Morgan fingerprint density at radius 3 is 2.90 bits per heavy atom. The van der Waals surface area contributed by atoms with Crippen molar-refractivity contribution in [3.8, 4) is 0 Å². The molecule has 0 radical (unpaired) electrons. The van der Waals surface area contributed by atoms with Gasteiger partial charge >= 0.3 is 5.97 Å². The van der Waals surface area contributed by atoms with Crippen LogP contribution in [0.5, 0.6) is 0 Å². The number of aromatic carboxylic acids is 1. The van der Waals surface area contributed by atoms with Gasteiger partial charge in [-0.05, 0) is 53.5 Å². The lowest BCUT2D eigenvalue weighted by atomic mass is 10.2. The van der Waals surface area contributed by atoms with Crippen molar-refractivity contribution in [2.45, 2.75) is 37.0 Å². The third-order valence-corrected chi connectivity index (χ3v) is 4.98. The van der Waals surface area contributed by atoms with Crippen LogP contribution >= 0.6 is 27.7 Å². The molecule has 0 spiro atoms. The van der Waals surface area contributed by atoms with Crippen molar-refractivity contribution in [1.82, 2.24) is 9.78 Å². The number of hydrogen-bond acceptors (Lipinski definition) is 3. The van der Waals surface area contributed by atoms with Gasteiger partial charge in [-0.15, -0.1) is 11.8 Å². The summed E-state index contributed by atoms with van der Waals surface area (Å²) in [5.41, 5.74) is 1.28. The van der Waals surface area contributed by atoms with Crippen LogP contribution in [0.3, 0.4) is 0 Å². The average Bonchev–Trinajstić information content (AvgIpc) is 2.94. The molecule has 1 aromatic carbocycles. The molecule has 1 N–H and O–H groups in total. The van der Waals surface area contributed by atoms with Crippen LogP contribution in [0.1, 0.15) is 42.4 Å². The summed E-state index contributed by atoms with van der Waals surface area (Å²) < 4.78 is 2.57. The summed E-state index contributed by atoms with van der Waals surface area (Å²) in [5, 5.41) is 13.7. The molecule has 0 saturated carbocycles. The van der Waals surface area contributed by atoms with E-state index in [-0.39, 0.29) is 5.56 Å². The van der Waals surface area contributed by atoms with Crippen LogP contribution in [-0.2, 0) is 5.75 Å². The number of thioether (sulfide) groups is 1. The van der Waals surface area contributed by atoms with Crippen molar-refractivity contribution < 1.29 is 9.90 Å². The molecule has 0 saturated heterocycles. The first kappa shape index (κ1) is 16.1. The van der Waals surface area contributed by atoms with Crippen LogP contribution in [0, 0.1) is 0 Å². The van der Waals surface area contributed by atoms with E-state index in [0.29, 0.717) is 10.5 Å². The van der Waals surface area contributed by atoms with E-state index in [1.807, 2.05) is 23.0 Å². The highest BCUT2D eigenvalue weighted by Crippen LogP contribution is 2.27. The predicted octanol–water partition coefficient (Wildman–Crippen LogP) is 4.61. The maximum Gasteiger partial charge on any atom is 0.336 e. The number of hydrogen-bond donors (Lipinski definition) is 1. The number of nitrogens with zero attached hydrogens (tertiary/aromatic N) is 2. The molecule has 0 bridgehead atoms. The van der Waals surface area contributed by atoms with Gasteiger partial charge in [-0.1, -0.05) is 6.92 Å².